The topological polar surface area (TPSA) is 32.8 Å². The average Bonchev–Trinajstić information content (AvgIpc) is 3.32. The molecule has 0 spiro atoms. The van der Waals surface area contributed by atoms with Gasteiger partial charge in [0.25, 0.3) is 0 Å². The van der Waals surface area contributed by atoms with E-state index in [0.29, 0.717) is 18.1 Å². The predicted molar refractivity (Wildman–Crippen MR) is 88.6 cm³/mol. The molecule has 1 heterocycles. The number of fused-ring (bicyclic) bond motifs is 1. The fourth-order valence-electron chi connectivity index (χ4n) is 5.84. The Balaban J connectivity index is 1.21. The Morgan fingerprint density at radius 2 is 1.55 bits per heavy atom. The fourth-order valence-corrected chi connectivity index (χ4v) is 5.84. The van der Waals surface area contributed by atoms with Crippen LogP contribution in [0.3, 0.4) is 0 Å². The second-order valence-electron chi connectivity index (χ2n) is 8.78. The molecule has 0 amide bonds. The smallest absolute Gasteiger partial charge is 0.0844 e. The monoisotopic (exact) mass is 306 g/mol. The van der Waals surface area contributed by atoms with E-state index in [2.05, 4.69) is 0 Å². The minimum absolute atomic E-state index is 0.0228. The minimum atomic E-state index is -0.0228. The van der Waals surface area contributed by atoms with Crippen LogP contribution in [0.15, 0.2) is 0 Å². The van der Waals surface area contributed by atoms with Crippen LogP contribution < -0.4 is 0 Å². The predicted octanol–water partition coefficient (Wildman–Crippen LogP) is 4.69. The van der Waals surface area contributed by atoms with E-state index in [4.69, 9.17) is 4.74 Å². The Morgan fingerprint density at radius 1 is 0.727 bits per heavy atom. The van der Waals surface area contributed by atoms with Crippen LogP contribution >= 0.6 is 0 Å². The molecule has 2 nitrogen and oxygen atoms in total. The molecule has 4 fully saturated rings. The molecule has 0 radical (unpaired) electrons. The number of aliphatic hydroxyl groups is 1. The highest BCUT2D eigenvalue weighted by molar-refractivity contribution is 4.96. The fraction of sp³-hybridized carbons (Fsp3) is 1.00. The second-order valence-corrected chi connectivity index (χ2v) is 8.78. The lowest BCUT2D eigenvalue weighted by atomic mass is 9.68. The van der Waals surface area contributed by atoms with Gasteiger partial charge in [0, 0.05) is 0 Å². The van der Waals surface area contributed by atoms with Gasteiger partial charge in [0.15, 0.2) is 0 Å². The van der Waals surface area contributed by atoms with Gasteiger partial charge in [0.2, 0.25) is 0 Å². The Labute approximate surface area is 136 Å². The lowest BCUT2D eigenvalue weighted by Gasteiger charge is -2.39. The van der Waals surface area contributed by atoms with Gasteiger partial charge in [0.1, 0.15) is 0 Å². The van der Waals surface area contributed by atoms with E-state index in [-0.39, 0.29) is 6.10 Å². The van der Waals surface area contributed by atoms with E-state index in [9.17, 15) is 5.11 Å². The Bertz CT molecular complexity index is 363. The largest absolute Gasteiger partial charge is 0.393 e. The first-order chi connectivity index (χ1) is 10.8. The highest BCUT2D eigenvalue weighted by Gasteiger charge is 2.47. The van der Waals surface area contributed by atoms with Gasteiger partial charge >= 0.3 is 0 Å². The maximum atomic E-state index is 10.7. The number of hydrogen-bond donors (Lipinski definition) is 1. The third-order valence-electron chi connectivity index (χ3n) is 7.34. The van der Waals surface area contributed by atoms with Gasteiger partial charge in [0.05, 0.1) is 18.3 Å². The Morgan fingerprint density at radius 3 is 2.32 bits per heavy atom. The number of hydrogen-bond acceptors (Lipinski definition) is 2. The van der Waals surface area contributed by atoms with E-state index in [1.54, 1.807) is 0 Å². The third kappa shape index (κ3) is 3.53. The molecular formula is C20H34O2. The first-order valence-corrected chi connectivity index (χ1v) is 10.1. The molecule has 6 unspecified atom stereocenters. The first-order valence-electron chi connectivity index (χ1n) is 10.1. The number of epoxide rings is 1. The van der Waals surface area contributed by atoms with Gasteiger partial charge in [-0.05, 0) is 62.2 Å². The molecule has 126 valence electrons. The van der Waals surface area contributed by atoms with Crippen molar-refractivity contribution in [2.24, 2.45) is 23.7 Å². The highest BCUT2D eigenvalue weighted by Crippen LogP contribution is 2.47. The maximum absolute atomic E-state index is 10.7. The summed E-state index contributed by atoms with van der Waals surface area (Å²) in [6.07, 6.45) is 18.8. The van der Waals surface area contributed by atoms with Gasteiger partial charge in [-0.25, -0.2) is 0 Å². The molecule has 2 heteroatoms. The molecule has 3 aliphatic carbocycles. The molecule has 0 bridgehead atoms. The molecule has 4 aliphatic rings. The van der Waals surface area contributed by atoms with Crippen molar-refractivity contribution < 1.29 is 9.84 Å². The number of aliphatic hydroxyl groups excluding tert-OH is 1. The van der Waals surface area contributed by atoms with Gasteiger partial charge in [-0.3, -0.25) is 0 Å². The zero-order chi connectivity index (χ0) is 14.9. The molecule has 0 aromatic rings. The summed E-state index contributed by atoms with van der Waals surface area (Å²) in [6, 6.07) is 0. The molecule has 3 saturated carbocycles. The quantitative estimate of drug-likeness (QED) is 0.764. The minimum Gasteiger partial charge on any atom is -0.393 e. The summed E-state index contributed by atoms with van der Waals surface area (Å²) >= 11 is 0. The number of rotatable bonds is 4. The molecular weight excluding hydrogens is 272 g/mol. The van der Waals surface area contributed by atoms with Crippen molar-refractivity contribution in [3.05, 3.63) is 0 Å². The van der Waals surface area contributed by atoms with E-state index >= 15 is 0 Å². The van der Waals surface area contributed by atoms with Crippen molar-refractivity contribution >= 4 is 0 Å². The molecule has 0 aromatic carbocycles. The molecule has 1 saturated heterocycles. The van der Waals surface area contributed by atoms with Crippen LogP contribution in [0.25, 0.3) is 0 Å². The van der Waals surface area contributed by atoms with Crippen LogP contribution in [-0.4, -0.2) is 23.4 Å². The van der Waals surface area contributed by atoms with Crippen molar-refractivity contribution in [1.82, 2.24) is 0 Å². The lowest BCUT2D eigenvalue weighted by molar-refractivity contribution is 0.00451. The van der Waals surface area contributed by atoms with Crippen molar-refractivity contribution in [3.63, 3.8) is 0 Å². The first kappa shape index (κ1) is 15.4. The molecule has 0 aromatic heterocycles. The van der Waals surface area contributed by atoms with E-state index in [1.807, 2.05) is 0 Å². The van der Waals surface area contributed by atoms with Crippen molar-refractivity contribution in [2.45, 2.75) is 102 Å². The van der Waals surface area contributed by atoms with Gasteiger partial charge < -0.3 is 9.84 Å². The van der Waals surface area contributed by atoms with Crippen LogP contribution in [0.5, 0.6) is 0 Å². The second kappa shape index (κ2) is 6.81. The molecule has 1 aliphatic heterocycles. The summed E-state index contributed by atoms with van der Waals surface area (Å²) in [5, 5.41) is 10.7. The maximum Gasteiger partial charge on any atom is 0.0844 e. The zero-order valence-electron chi connectivity index (χ0n) is 14.1. The van der Waals surface area contributed by atoms with Gasteiger partial charge in [-0.2, -0.15) is 0 Å². The van der Waals surface area contributed by atoms with Crippen LogP contribution in [-0.2, 0) is 4.74 Å². The van der Waals surface area contributed by atoms with Crippen LogP contribution in [0.1, 0.15) is 83.5 Å². The van der Waals surface area contributed by atoms with E-state index < -0.39 is 0 Å². The zero-order valence-corrected chi connectivity index (χ0v) is 14.1. The van der Waals surface area contributed by atoms with Crippen LogP contribution in [0.2, 0.25) is 0 Å². The van der Waals surface area contributed by atoms with Crippen molar-refractivity contribution in [1.29, 1.82) is 0 Å². The van der Waals surface area contributed by atoms with Crippen LogP contribution in [0, 0.1) is 23.7 Å². The summed E-state index contributed by atoms with van der Waals surface area (Å²) in [5.74, 6) is 3.14. The summed E-state index contributed by atoms with van der Waals surface area (Å²) in [7, 11) is 0. The summed E-state index contributed by atoms with van der Waals surface area (Å²) < 4.78 is 5.68. The SMILES string of the molecule is OC1CC(CCC2CCCCC2)CCC1C1CCC2OC2C1. The highest BCUT2D eigenvalue weighted by atomic mass is 16.6. The normalized spacial score (nSPS) is 46.2. The van der Waals surface area contributed by atoms with Crippen LogP contribution in [0.4, 0.5) is 0 Å². The van der Waals surface area contributed by atoms with Gasteiger partial charge in [-0.15, -0.1) is 0 Å². The molecule has 6 atom stereocenters. The molecule has 1 N–H and O–H groups in total. The van der Waals surface area contributed by atoms with E-state index in [1.165, 1.54) is 77.0 Å². The van der Waals surface area contributed by atoms with E-state index in [0.717, 1.165) is 24.2 Å². The summed E-state index contributed by atoms with van der Waals surface area (Å²) in [5.41, 5.74) is 0. The standard InChI is InChI=1S/C20H34O2/c21-18-12-15(7-6-14-4-2-1-3-5-14)8-10-17(18)16-9-11-19-20(13-16)22-19/h14-21H,1-13H2. The van der Waals surface area contributed by atoms with Crippen molar-refractivity contribution in [2.75, 3.05) is 0 Å². The average molecular weight is 306 g/mol. The van der Waals surface area contributed by atoms with Crippen molar-refractivity contribution in [3.8, 4) is 0 Å². The summed E-state index contributed by atoms with van der Waals surface area (Å²) in [4.78, 5) is 0. The molecule has 22 heavy (non-hydrogen) atoms. The van der Waals surface area contributed by atoms with Gasteiger partial charge in [-0.1, -0.05) is 44.9 Å². The number of ether oxygens (including phenoxy) is 1. The molecule has 4 rings (SSSR count). The summed E-state index contributed by atoms with van der Waals surface area (Å²) in [6.45, 7) is 0. The Hall–Kier alpha value is -0.0800. The Kier molecular flexibility index (Phi) is 4.78. The lowest BCUT2D eigenvalue weighted by Crippen LogP contribution is -2.36. The third-order valence-corrected chi connectivity index (χ3v) is 7.34.